The highest BCUT2D eigenvalue weighted by molar-refractivity contribution is 5.34. The highest BCUT2D eigenvalue weighted by Crippen LogP contribution is 2.37. The smallest absolute Gasteiger partial charge is 0.137 e. The van der Waals surface area contributed by atoms with Crippen LogP contribution in [-0.2, 0) is 15.9 Å². The first-order valence-corrected chi connectivity index (χ1v) is 9.04. The largest absolute Gasteiger partial charge is 0.506 e. The van der Waals surface area contributed by atoms with Gasteiger partial charge in [-0.15, -0.1) is 0 Å². The third kappa shape index (κ3) is 4.63. The first kappa shape index (κ1) is 19.5. The fourth-order valence-electron chi connectivity index (χ4n) is 3.35. The second-order valence-electron chi connectivity index (χ2n) is 7.24. The molecule has 1 N–H and O–H groups in total. The van der Waals surface area contributed by atoms with E-state index in [0.717, 1.165) is 23.6 Å². The normalized spacial score (nSPS) is 20.8. The Labute approximate surface area is 151 Å². The zero-order valence-electron chi connectivity index (χ0n) is 16.3. The average molecular weight is 345 g/mol. The van der Waals surface area contributed by atoms with E-state index < -0.39 is 0 Å². The minimum atomic E-state index is 0.211. The number of nitrogens with zero attached hydrogens (tertiary/aromatic N) is 1. The van der Waals surface area contributed by atoms with E-state index in [4.69, 9.17) is 14.5 Å². The molecule has 1 heterocycles. The second-order valence-corrected chi connectivity index (χ2v) is 7.24. The number of hydrogen-bond acceptors (Lipinski definition) is 4. The van der Waals surface area contributed by atoms with Crippen molar-refractivity contribution in [2.75, 3.05) is 20.3 Å². The van der Waals surface area contributed by atoms with Gasteiger partial charge in [-0.25, -0.2) is 0 Å². The second kappa shape index (κ2) is 8.52. The quantitative estimate of drug-likeness (QED) is 0.734. The van der Waals surface area contributed by atoms with E-state index in [-0.39, 0.29) is 11.7 Å². The zero-order valence-corrected chi connectivity index (χ0v) is 16.3. The minimum Gasteiger partial charge on any atom is -0.506 e. The Hall–Kier alpha value is -1.81. The van der Waals surface area contributed by atoms with Gasteiger partial charge in [0, 0.05) is 12.8 Å². The molecule has 2 atom stereocenters. The molecule has 25 heavy (non-hydrogen) atoms. The molecule has 0 fully saturated rings. The fraction of sp³-hybridized carbons (Fsp3) is 0.571. The van der Waals surface area contributed by atoms with Crippen molar-refractivity contribution in [1.82, 2.24) is 4.98 Å². The predicted molar refractivity (Wildman–Crippen MR) is 101 cm³/mol. The van der Waals surface area contributed by atoms with Crippen molar-refractivity contribution in [3.05, 3.63) is 46.5 Å². The first-order chi connectivity index (χ1) is 11.8. The number of aromatic nitrogens is 1. The highest BCUT2D eigenvalue weighted by atomic mass is 16.5. The Morgan fingerprint density at radius 1 is 1.20 bits per heavy atom. The van der Waals surface area contributed by atoms with Crippen molar-refractivity contribution in [1.29, 1.82) is 0 Å². The monoisotopic (exact) mass is 345 g/mol. The lowest BCUT2D eigenvalue weighted by Crippen LogP contribution is -2.23. The van der Waals surface area contributed by atoms with Crippen molar-refractivity contribution in [2.45, 2.75) is 47.0 Å². The number of aromatic hydroxyl groups is 1. The van der Waals surface area contributed by atoms with Gasteiger partial charge in [-0.05, 0) is 61.8 Å². The molecule has 2 rings (SSSR count). The van der Waals surface area contributed by atoms with E-state index in [1.54, 1.807) is 13.2 Å². The van der Waals surface area contributed by atoms with Gasteiger partial charge < -0.3 is 14.6 Å². The van der Waals surface area contributed by atoms with Crippen LogP contribution in [0.5, 0.6) is 5.75 Å². The summed E-state index contributed by atoms with van der Waals surface area (Å²) in [5, 5.41) is 9.99. The summed E-state index contributed by atoms with van der Waals surface area (Å²) in [6.45, 7) is 11.8. The Morgan fingerprint density at radius 2 is 1.92 bits per heavy atom. The standard InChI is InChI=1S/C21H31NO3/c1-13(2)21-19(23)8-7-17(22-21)12-18-14(3)11-20(16(5)15(18)4)25-10-9-24-6/h7-8,11,13,15,18,23H,9-10,12H2,1-6H3. The molecule has 0 aliphatic heterocycles. The van der Waals surface area contributed by atoms with Crippen LogP contribution < -0.4 is 0 Å². The third-order valence-electron chi connectivity index (χ3n) is 5.10. The molecule has 0 spiro atoms. The summed E-state index contributed by atoms with van der Waals surface area (Å²) >= 11 is 0. The lowest BCUT2D eigenvalue weighted by atomic mass is 9.76. The summed E-state index contributed by atoms with van der Waals surface area (Å²) in [6, 6.07) is 3.71. The maximum atomic E-state index is 9.99. The van der Waals surface area contributed by atoms with Crippen LogP contribution in [0.4, 0.5) is 0 Å². The molecule has 1 aliphatic rings. The fourth-order valence-corrected chi connectivity index (χ4v) is 3.35. The molecule has 0 radical (unpaired) electrons. The topological polar surface area (TPSA) is 51.6 Å². The molecule has 0 saturated carbocycles. The molecule has 4 heteroatoms. The van der Waals surface area contributed by atoms with E-state index >= 15 is 0 Å². The SMILES string of the molecule is COCCOC1=C(C)C(C)C(Cc2ccc(O)c(C(C)C)n2)C(C)=C1. The summed E-state index contributed by atoms with van der Waals surface area (Å²) in [5.74, 6) is 2.25. The molecule has 1 aliphatic carbocycles. The summed E-state index contributed by atoms with van der Waals surface area (Å²) in [6.07, 6.45) is 3.02. The maximum Gasteiger partial charge on any atom is 0.137 e. The van der Waals surface area contributed by atoms with E-state index in [0.29, 0.717) is 25.0 Å². The van der Waals surface area contributed by atoms with E-state index in [2.05, 4.69) is 40.7 Å². The van der Waals surface area contributed by atoms with Crippen LogP contribution in [0, 0.1) is 11.8 Å². The molecular formula is C21H31NO3. The van der Waals surface area contributed by atoms with Crippen molar-refractivity contribution < 1.29 is 14.6 Å². The molecule has 2 unspecified atom stereocenters. The number of ether oxygens (including phenoxy) is 2. The molecule has 0 amide bonds. The molecule has 1 aromatic heterocycles. The van der Waals surface area contributed by atoms with Crippen molar-refractivity contribution >= 4 is 0 Å². The minimum absolute atomic E-state index is 0.211. The third-order valence-corrected chi connectivity index (χ3v) is 5.10. The highest BCUT2D eigenvalue weighted by Gasteiger charge is 2.28. The number of methoxy groups -OCH3 is 1. The lowest BCUT2D eigenvalue weighted by Gasteiger charge is -2.31. The first-order valence-electron chi connectivity index (χ1n) is 9.04. The molecular weight excluding hydrogens is 314 g/mol. The Bertz CT molecular complexity index is 661. The van der Waals surface area contributed by atoms with Crippen LogP contribution in [0.2, 0.25) is 0 Å². The van der Waals surface area contributed by atoms with Gasteiger partial charge in [-0.2, -0.15) is 0 Å². The van der Waals surface area contributed by atoms with Crippen LogP contribution >= 0.6 is 0 Å². The van der Waals surface area contributed by atoms with Gasteiger partial charge in [0.15, 0.2) is 0 Å². The summed E-state index contributed by atoms with van der Waals surface area (Å²) in [5.41, 5.74) is 4.39. The predicted octanol–water partition coefficient (Wildman–Crippen LogP) is 4.60. The van der Waals surface area contributed by atoms with E-state index in [1.165, 1.54) is 11.1 Å². The number of rotatable bonds is 7. The molecule has 0 aromatic carbocycles. The summed E-state index contributed by atoms with van der Waals surface area (Å²) in [7, 11) is 1.68. The molecule has 1 aromatic rings. The summed E-state index contributed by atoms with van der Waals surface area (Å²) < 4.78 is 10.9. The van der Waals surface area contributed by atoms with Gasteiger partial charge in [0.25, 0.3) is 0 Å². The number of allylic oxidation sites excluding steroid dienone is 3. The van der Waals surface area contributed by atoms with Crippen molar-refractivity contribution in [3.63, 3.8) is 0 Å². The van der Waals surface area contributed by atoms with Gasteiger partial charge in [0.2, 0.25) is 0 Å². The number of hydrogen-bond donors (Lipinski definition) is 1. The van der Waals surface area contributed by atoms with Gasteiger partial charge in [-0.3, -0.25) is 4.98 Å². The van der Waals surface area contributed by atoms with Crippen LogP contribution in [0.15, 0.2) is 35.1 Å². The van der Waals surface area contributed by atoms with Gasteiger partial charge in [0.1, 0.15) is 18.1 Å². The van der Waals surface area contributed by atoms with Crippen LogP contribution in [-0.4, -0.2) is 30.4 Å². The van der Waals surface area contributed by atoms with Gasteiger partial charge in [0.05, 0.1) is 12.3 Å². The average Bonchev–Trinajstić information content (AvgIpc) is 2.57. The van der Waals surface area contributed by atoms with Crippen molar-refractivity contribution in [3.8, 4) is 5.75 Å². The number of pyridine rings is 1. The molecule has 0 bridgehead atoms. The molecule has 4 nitrogen and oxygen atoms in total. The molecule has 138 valence electrons. The summed E-state index contributed by atoms with van der Waals surface area (Å²) in [4.78, 5) is 4.70. The van der Waals surface area contributed by atoms with E-state index in [9.17, 15) is 5.11 Å². The van der Waals surface area contributed by atoms with Crippen molar-refractivity contribution in [2.24, 2.45) is 11.8 Å². The Balaban J connectivity index is 2.17. The maximum absolute atomic E-state index is 9.99. The van der Waals surface area contributed by atoms with E-state index in [1.807, 2.05) is 6.07 Å². The van der Waals surface area contributed by atoms with Crippen LogP contribution in [0.1, 0.15) is 51.9 Å². The van der Waals surface area contributed by atoms with Gasteiger partial charge >= 0.3 is 0 Å². The Kier molecular flexibility index (Phi) is 6.65. The molecule has 0 saturated heterocycles. The lowest BCUT2D eigenvalue weighted by molar-refractivity contribution is 0.111. The zero-order chi connectivity index (χ0) is 18.6. The van der Waals surface area contributed by atoms with Crippen LogP contribution in [0.25, 0.3) is 0 Å². The van der Waals surface area contributed by atoms with Gasteiger partial charge in [-0.1, -0.05) is 26.3 Å². The van der Waals surface area contributed by atoms with Crippen LogP contribution in [0.3, 0.4) is 0 Å². The Morgan fingerprint density at radius 3 is 2.56 bits per heavy atom.